The van der Waals surface area contributed by atoms with Crippen molar-refractivity contribution >= 4 is 22.8 Å². The molecule has 1 atom stereocenters. The zero-order valence-electron chi connectivity index (χ0n) is 20.6. The van der Waals surface area contributed by atoms with Gasteiger partial charge < -0.3 is 34.3 Å². The zero-order chi connectivity index (χ0) is 24.5. The lowest BCUT2D eigenvalue weighted by molar-refractivity contribution is -0.141. The number of hydrogen-bond donors (Lipinski definition) is 2. The largest absolute Gasteiger partial charge is 0.497 e. The molecule has 1 aromatic carbocycles. The van der Waals surface area contributed by atoms with Crippen molar-refractivity contribution in [3.63, 3.8) is 0 Å². The number of aliphatic hydroxyl groups excluding tert-OH is 1. The van der Waals surface area contributed by atoms with Crippen LogP contribution in [-0.4, -0.2) is 85.0 Å². The Kier molecular flexibility index (Phi) is 7.04. The summed E-state index contributed by atoms with van der Waals surface area (Å²) >= 11 is 0. The number of rotatable bonds is 6. The van der Waals surface area contributed by atoms with E-state index in [0.717, 1.165) is 41.6 Å². The van der Waals surface area contributed by atoms with Gasteiger partial charge in [-0.05, 0) is 37.0 Å². The topological polar surface area (TPSA) is 96.3 Å². The Morgan fingerprint density at radius 1 is 1.24 bits per heavy atom. The van der Waals surface area contributed by atoms with Crippen LogP contribution >= 0.6 is 0 Å². The number of nitrogens with zero attached hydrogens (tertiary/aromatic N) is 3. The van der Waals surface area contributed by atoms with Gasteiger partial charge in [-0.25, -0.2) is 4.79 Å². The fourth-order valence-corrected chi connectivity index (χ4v) is 5.72. The fraction of sp³-hybridized carbons (Fsp3) is 0.600. The number of nitrogens with one attached hydrogen (secondary N) is 1. The third-order valence-corrected chi connectivity index (χ3v) is 7.44. The summed E-state index contributed by atoms with van der Waals surface area (Å²) in [5, 5.41) is 14.5. The van der Waals surface area contributed by atoms with Gasteiger partial charge in [-0.15, -0.1) is 0 Å². The summed E-state index contributed by atoms with van der Waals surface area (Å²) in [5.41, 5.74) is 2.82. The number of carbonyl (C=O) groups is 2. The molecule has 9 nitrogen and oxygen atoms in total. The number of likely N-dealkylation sites (tertiary alicyclic amines) is 1. The summed E-state index contributed by atoms with van der Waals surface area (Å²) in [5.74, 6) is 0.618. The van der Waals surface area contributed by atoms with Gasteiger partial charge in [0.1, 0.15) is 12.4 Å². The minimum absolute atomic E-state index is 0.0315. The van der Waals surface area contributed by atoms with Crippen LogP contribution in [-0.2, 0) is 22.0 Å². The standard InChI is InChI=1S/C25H36N4O5/c1-5-10-26-24(32)28-11-8-25(9-12-28)16-29(21(31)15-33-3)20(14-30)23-22(25)18-7-6-17(34-4)13-19(18)27(23)2/h6-7,13,20,30H,5,8-12,14-16H2,1-4H3,(H,26,32)/t20-/m1/s1. The highest BCUT2D eigenvalue weighted by Crippen LogP contribution is 2.50. The van der Waals surface area contributed by atoms with Gasteiger partial charge in [0, 0.05) is 62.9 Å². The summed E-state index contributed by atoms with van der Waals surface area (Å²) in [6.07, 6.45) is 2.37. The van der Waals surface area contributed by atoms with E-state index in [9.17, 15) is 14.7 Å². The maximum absolute atomic E-state index is 13.1. The van der Waals surface area contributed by atoms with Crippen LogP contribution in [0.15, 0.2) is 18.2 Å². The average Bonchev–Trinajstić information content (AvgIpc) is 3.15. The van der Waals surface area contributed by atoms with Crippen LogP contribution in [0.4, 0.5) is 4.79 Å². The Labute approximate surface area is 200 Å². The molecule has 0 saturated carbocycles. The Morgan fingerprint density at radius 3 is 2.59 bits per heavy atom. The molecule has 0 radical (unpaired) electrons. The van der Waals surface area contributed by atoms with Crippen molar-refractivity contribution in [1.82, 2.24) is 19.7 Å². The summed E-state index contributed by atoms with van der Waals surface area (Å²) in [4.78, 5) is 29.3. The molecule has 2 aliphatic heterocycles. The first kappa shape index (κ1) is 24.3. The van der Waals surface area contributed by atoms with E-state index in [2.05, 4.69) is 16.0 Å². The molecule has 2 aliphatic rings. The smallest absolute Gasteiger partial charge is 0.317 e. The highest BCUT2D eigenvalue weighted by Gasteiger charge is 2.49. The summed E-state index contributed by atoms with van der Waals surface area (Å²) in [6.45, 7) is 4.19. The number of aryl methyl sites for hydroxylation is 1. The molecule has 4 rings (SSSR count). The first-order chi connectivity index (χ1) is 16.4. The van der Waals surface area contributed by atoms with Gasteiger partial charge in [-0.2, -0.15) is 0 Å². The van der Waals surface area contributed by atoms with E-state index in [1.54, 1.807) is 12.0 Å². The lowest BCUT2D eigenvalue weighted by Gasteiger charge is -2.50. The molecule has 9 heteroatoms. The normalized spacial score (nSPS) is 19.4. The number of hydrogen-bond acceptors (Lipinski definition) is 5. The number of urea groups is 1. The van der Waals surface area contributed by atoms with E-state index < -0.39 is 6.04 Å². The van der Waals surface area contributed by atoms with Gasteiger partial charge in [0.2, 0.25) is 5.91 Å². The molecular formula is C25H36N4O5. The number of fused-ring (bicyclic) bond motifs is 4. The van der Waals surface area contributed by atoms with E-state index in [1.807, 2.05) is 31.0 Å². The fourth-order valence-electron chi connectivity index (χ4n) is 5.72. The number of aliphatic hydroxyl groups is 1. The second kappa shape index (κ2) is 9.84. The zero-order valence-corrected chi connectivity index (χ0v) is 20.6. The molecule has 0 aliphatic carbocycles. The molecule has 186 valence electrons. The Morgan fingerprint density at radius 2 is 1.97 bits per heavy atom. The van der Waals surface area contributed by atoms with E-state index in [4.69, 9.17) is 9.47 Å². The van der Waals surface area contributed by atoms with Crippen LogP contribution in [0.25, 0.3) is 10.9 Å². The number of methoxy groups -OCH3 is 2. The third kappa shape index (κ3) is 4.01. The van der Waals surface area contributed by atoms with Gasteiger partial charge in [-0.3, -0.25) is 4.79 Å². The predicted molar refractivity (Wildman–Crippen MR) is 129 cm³/mol. The minimum atomic E-state index is -0.461. The summed E-state index contributed by atoms with van der Waals surface area (Å²) in [6, 6.07) is 5.55. The van der Waals surface area contributed by atoms with Crippen molar-refractivity contribution in [2.75, 3.05) is 53.6 Å². The van der Waals surface area contributed by atoms with Crippen LogP contribution in [0.2, 0.25) is 0 Å². The van der Waals surface area contributed by atoms with E-state index in [1.165, 1.54) is 12.7 Å². The monoisotopic (exact) mass is 472 g/mol. The Bertz CT molecular complexity index is 1060. The molecule has 1 fully saturated rings. The first-order valence-corrected chi connectivity index (χ1v) is 12.0. The molecule has 2 aromatic rings. The molecule has 0 bridgehead atoms. The van der Waals surface area contributed by atoms with E-state index >= 15 is 0 Å². The number of piperidine rings is 1. The van der Waals surface area contributed by atoms with Crippen molar-refractivity contribution < 1.29 is 24.2 Å². The van der Waals surface area contributed by atoms with Gasteiger partial charge in [0.05, 0.1) is 25.3 Å². The molecule has 3 amide bonds. The van der Waals surface area contributed by atoms with E-state index in [-0.39, 0.29) is 30.6 Å². The first-order valence-electron chi connectivity index (χ1n) is 12.0. The number of benzene rings is 1. The number of carbonyl (C=O) groups excluding carboxylic acids is 2. The van der Waals surface area contributed by atoms with Crippen LogP contribution in [0, 0.1) is 0 Å². The highest BCUT2D eigenvalue weighted by molar-refractivity contribution is 5.90. The van der Waals surface area contributed by atoms with Gasteiger partial charge in [0.15, 0.2) is 0 Å². The average molecular weight is 473 g/mol. The lowest BCUT2D eigenvalue weighted by Crippen LogP contribution is -2.57. The van der Waals surface area contributed by atoms with Crippen molar-refractivity contribution in [1.29, 1.82) is 0 Å². The molecule has 3 heterocycles. The lowest BCUT2D eigenvalue weighted by atomic mass is 9.68. The second-order valence-corrected chi connectivity index (χ2v) is 9.35. The Hall–Kier alpha value is -2.78. The SMILES string of the molecule is CCCNC(=O)N1CCC2(CC1)CN(C(=O)COC)[C@H](CO)c1c2c2ccc(OC)cc2n1C. The molecule has 1 aromatic heterocycles. The second-order valence-electron chi connectivity index (χ2n) is 9.35. The highest BCUT2D eigenvalue weighted by atomic mass is 16.5. The molecule has 1 saturated heterocycles. The molecular weight excluding hydrogens is 436 g/mol. The maximum Gasteiger partial charge on any atom is 0.317 e. The van der Waals surface area contributed by atoms with Crippen molar-refractivity contribution in [2.24, 2.45) is 7.05 Å². The van der Waals surface area contributed by atoms with Gasteiger partial charge in [0.25, 0.3) is 0 Å². The summed E-state index contributed by atoms with van der Waals surface area (Å²) < 4.78 is 12.7. The third-order valence-electron chi connectivity index (χ3n) is 7.44. The minimum Gasteiger partial charge on any atom is -0.497 e. The number of ether oxygens (including phenoxy) is 2. The van der Waals surface area contributed by atoms with Crippen molar-refractivity contribution in [3.05, 3.63) is 29.5 Å². The van der Waals surface area contributed by atoms with Crippen molar-refractivity contribution in [3.8, 4) is 5.75 Å². The van der Waals surface area contributed by atoms with Crippen LogP contribution in [0.5, 0.6) is 5.75 Å². The predicted octanol–water partition coefficient (Wildman–Crippen LogP) is 2.16. The summed E-state index contributed by atoms with van der Waals surface area (Å²) in [7, 11) is 5.13. The quantitative estimate of drug-likeness (QED) is 0.672. The van der Waals surface area contributed by atoms with Crippen molar-refractivity contribution in [2.45, 2.75) is 37.6 Å². The molecule has 0 unspecified atom stereocenters. The van der Waals surface area contributed by atoms with Crippen LogP contribution in [0.3, 0.4) is 0 Å². The molecule has 2 N–H and O–H groups in total. The number of aromatic nitrogens is 1. The van der Waals surface area contributed by atoms with Crippen LogP contribution < -0.4 is 10.1 Å². The van der Waals surface area contributed by atoms with Gasteiger partial charge >= 0.3 is 6.03 Å². The van der Waals surface area contributed by atoms with Gasteiger partial charge in [-0.1, -0.05) is 6.92 Å². The molecule has 34 heavy (non-hydrogen) atoms. The maximum atomic E-state index is 13.1. The van der Waals surface area contributed by atoms with E-state index in [0.29, 0.717) is 26.2 Å². The number of amides is 3. The Balaban J connectivity index is 1.80. The van der Waals surface area contributed by atoms with Crippen LogP contribution in [0.1, 0.15) is 43.5 Å². The molecule has 1 spiro atoms.